The lowest BCUT2D eigenvalue weighted by Crippen LogP contribution is -2.39. The zero-order valence-corrected chi connectivity index (χ0v) is 15.0. The fraction of sp³-hybridized carbons (Fsp3) is 0.294. The number of benzene rings is 2. The van der Waals surface area contributed by atoms with E-state index in [-0.39, 0.29) is 5.75 Å². The maximum Gasteiger partial charge on any atom is 0.203 e. The predicted octanol–water partition coefficient (Wildman–Crippen LogP) is 1.67. The second kappa shape index (κ2) is 7.28. The molecule has 23 heavy (non-hydrogen) atoms. The maximum absolute atomic E-state index is 9.99. The summed E-state index contributed by atoms with van der Waals surface area (Å²) in [4.78, 5) is 0. The number of hydrogen-bond donors (Lipinski definition) is 1. The van der Waals surface area contributed by atoms with Gasteiger partial charge in [-0.25, -0.2) is 0 Å². The summed E-state index contributed by atoms with van der Waals surface area (Å²) in [5.41, 5.74) is 0. The van der Waals surface area contributed by atoms with Gasteiger partial charge in [0.2, 0.25) is 5.75 Å². The molecule has 0 heterocycles. The van der Waals surface area contributed by atoms with Crippen LogP contribution in [0.25, 0.3) is 0 Å². The van der Waals surface area contributed by atoms with Crippen LogP contribution < -0.4 is 29.3 Å². The van der Waals surface area contributed by atoms with E-state index >= 15 is 0 Å². The van der Waals surface area contributed by atoms with Gasteiger partial charge in [-0.3, -0.25) is 0 Å². The molecule has 2 rings (SSSR count). The third-order valence-electron chi connectivity index (χ3n) is 3.71. The van der Waals surface area contributed by atoms with Crippen LogP contribution in [0.1, 0.15) is 0 Å². The molecule has 0 bridgehead atoms. The summed E-state index contributed by atoms with van der Waals surface area (Å²) in [6, 6.07) is 9.40. The van der Waals surface area contributed by atoms with Crippen molar-refractivity contribution in [3.05, 3.63) is 30.3 Å². The number of ether oxygens (including phenoxy) is 4. The molecule has 6 heteroatoms. The van der Waals surface area contributed by atoms with E-state index in [1.807, 2.05) is 18.2 Å². The van der Waals surface area contributed by atoms with Gasteiger partial charge in [0.25, 0.3) is 0 Å². The minimum atomic E-state index is -1.11. The summed E-state index contributed by atoms with van der Waals surface area (Å²) in [6.07, 6.45) is 0. The second-order valence-electron chi connectivity index (χ2n) is 4.93. The summed E-state index contributed by atoms with van der Waals surface area (Å²) >= 11 is 0. The summed E-state index contributed by atoms with van der Waals surface area (Å²) < 4.78 is 21.3. The smallest absolute Gasteiger partial charge is 0.203 e. The van der Waals surface area contributed by atoms with E-state index in [0.717, 1.165) is 10.4 Å². The second-order valence-corrected chi connectivity index (χ2v) is 7.33. The van der Waals surface area contributed by atoms with Crippen molar-refractivity contribution in [2.24, 2.45) is 0 Å². The van der Waals surface area contributed by atoms with Gasteiger partial charge in [0.05, 0.1) is 28.4 Å². The molecule has 2 aromatic carbocycles. The van der Waals surface area contributed by atoms with Crippen LogP contribution in [0.15, 0.2) is 30.3 Å². The van der Waals surface area contributed by atoms with Gasteiger partial charge in [-0.1, -0.05) is 17.8 Å². The van der Waals surface area contributed by atoms with Gasteiger partial charge in [-0.2, -0.15) is 0 Å². The third kappa shape index (κ3) is 3.37. The molecule has 0 saturated carbocycles. The number of phenolic OH excluding ortho intramolecular Hbond substituents is 1. The lowest BCUT2D eigenvalue weighted by atomic mass is 10.3. The van der Waals surface area contributed by atoms with Gasteiger partial charge >= 0.3 is 0 Å². The van der Waals surface area contributed by atoms with Crippen LogP contribution in [0.3, 0.4) is 0 Å². The normalized spacial score (nSPS) is 10.5. The van der Waals surface area contributed by atoms with E-state index in [2.05, 4.69) is 6.55 Å². The van der Waals surface area contributed by atoms with Gasteiger partial charge in [0, 0.05) is 0 Å². The van der Waals surface area contributed by atoms with Gasteiger partial charge in [0.1, 0.15) is 8.80 Å². The van der Waals surface area contributed by atoms with E-state index in [4.69, 9.17) is 18.9 Å². The fourth-order valence-electron chi connectivity index (χ4n) is 2.39. The molecule has 0 aliphatic heterocycles. The van der Waals surface area contributed by atoms with Crippen molar-refractivity contribution < 1.29 is 24.1 Å². The van der Waals surface area contributed by atoms with Crippen molar-refractivity contribution in [3.63, 3.8) is 0 Å². The molecule has 0 aromatic heterocycles. The minimum absolute atomic E-state index is 0.141. The van der Waals surface area contributed by atoms with Crippen LogP contribution in [0.4, 0.5) is 0 Å². The standard InChI is InChI=1S/C17H21O5Si/c1-19-14-7-6-11(8-13(14)18)23(5)12-9-15(20-2)17(22-4)16(10-12)21-3/h6-10,18H,1-5H3. The largest absolute Gasteiger partial charge is 0.504 e. The summed E-state index contributed by atoms with van der Waals surface area (Å²) in [5.74, 6) is 2.44. The molecule has 0 aliphatic carbocycles. The minimum Gasteiger partial charge on any atom is -0.504 e. The Kier molecular flexibility index (Phi) is 5.39. The maximum atomic E-state index is 9.99. The molecule has 0 atom stereocenters. The molecule has 1 radical (unpaired) electrons. The number of aromatic hydroxyl groups is 1. The van der Waals surface area contributed by atoms with Crippen LogP contribution in [0.5, 0.6) is 28.7 Å². The van der Waals surface area contributed by atoms with Crippen molar-refractivity contribution in [3.8, 4) is 28.7 Å². The predicted molar refractivity (Wildman–Crippen MR) is 91.6 cm³/mol. The summed E-state index contributed by atoms with van der Waals surface area (Å²) in [6.45, 7) is 2.15. The molecule has 123 valence electrons. The zero-order valence-electron chi connectivity index (χ0n) is 14.0. The molecule has 5 nitrogen and oxygen atoms in total. The highest BCUT2D eigenvalue weighted by molar-refractivity contribution is 6.84. The Labute approximate surface area is 138 Å². The Balaban J connectivity index is 2.46. The first-order chi connectivity index (χ1) is 11.0. The molecular formula is C17H21O5Si. The summed E-state index contributed by atoms with van der Waals surface area (Å²) in [5, 5.41) is 12.1. The Bertz CT molecular complexity index is 662. The SMILES string of the molecule is COc1ccc([Si](C)c2cc(OC)c(OC)c(OC)c2)cc1O. The van der Waals surface area contributed by atoms with Crippen molar-refractivity contribution >= 4 is 19.2 Å². The van der Waals surface area contributed by atoms with Crippen molar-refractivity contribution in [1.29, 1.82) is 0 Å². The lowest BCUT2D eigenvalue weighted by Gasteiger charge is -2.17. The summed E-state index contributed by atoms with van der Waals surface area (Å²) in [7, 11) is 5.20. The Morgan fingerprint density at radius 2 is 1.30 bits per heavy atom. The Morgan fingerprint density at radius 1 is 0.739 bits per heavy atom. The van der Waals surface area contributed by atoms with Crippen LogP contribution in [0, 0.1) is 0 Å². The zero-order chi connectivity index (χ0) is 17.0. The highest BCUT2D eigenvalue weighted by Crippen LogP contribution is 2.35. The van der Waals surface area contributed by atoms with Gasteiger partial charge < -0.3 is 24.1 Å². The first-order valence-corrected chi connectivity index (χ1v) is 9.07. The van der Waals surface area contributed by atoms with E-state index in [0.29, 0.717) is 23.0 Å². The number of methoxy groups -OCH3 is 4. The highest BCUT2D eigenvalue weighted by Gasteiger charge is 2.19. The van der Waals surface area contributed by atoms with Crippen molar-refractivity contribution in [2.45, 2.75) is 6.55 Å². The molecule has 0 unspecified atom stereocenters. The molecular weight excluding hydrogens is 312 g/mol. The van der Waals surface area contributed by atoms with Gasteiger partial charge in [-0.05, 0) is 29.5 Å². The Hall–Kier alpha value is -2.34. The number of hydrogen-bond acceptors (Lipinski definition) is 5. The number of rotatable bonds is 6. The molecule has 0 aliphatic rings. The fourth-order valence-corrected chi connectivity index (χ4v) is 4.10. The van der Waals surface area contributed by atoms with E-state index in [1.165, 1.54) is 7.11 Å². The molecule has 0 amide bonds. The van der Waals surface area contributed by atoms with E-state index in [1.54, 1.807) is 33.5 Å². The third-order valence-corrected chi connectivity index (χ3v) is 6.04. The Morgan fingerprint density at radius 3 is 1.74 bits per heavy atom. The van der Waals surface area contributed by atoms with E-state index in [9.17, 15) is 5.11 Å². The molecule has 0 spiro atoms. The molecule has 0 saturated heterocycles. The van der Waals surface area contributed by atoms with Crippen LogP contribution in [-0.2, 0) is 0 Å². The topological polar surface area (TPSA) is 57.2 Å². The van der Waals surface area contributed by atoms with Crippen LogP contribution in [-0.4, -0.2) is 42.3 Å². The molecule has 1 N–H and O–H groups in total. The van der Waals surface area contributed by atoms with Crippen LogP contribution >= 0.6 is 0 Å². The van der Waals surface area contributed by atoms with Crippen LogP contribution in [0.2, 0.25) is 6.55 Å². The quantitative estimate of drug-likeness (QED) is 0.815. The first kappa shape index (κ1) is 17.0. The number of phenols is 1. The van der Waals surface area contributed by atoms with Gasteiger partial charge in [0.15, 0.2) is 23.0 Å². The van der Waals surface area contributed by atoms with Gasteiger partial charge in [-0.15, -0.1) is 0 Å². The first-order valence-electron chi connectivity index (χ1n) is 7.07. The van der Waals surface area contributed by atoms with Crippen molar-refractivity contribution in [2.75, 3.05) is 28.4 Å². The lowest BCUT2D eigenvalue weighted by molar-refractivity contribution is 0.325. The average Bonchev–Trinajstić information content (AvgIpc) is 2.59. The highest BCUT2D eigenvalue weighted by atomic mass is 28.3. The van der Waals surface area contributed by atoms with Crippen molar-refractivity contribution in [1.82, 2.24) is 0 Å². The average molecular weight is 333 g/mol. The van der Waals surface area contributed by atoms with E-state index < -0.39 is 8.80 Å². The molecule has 0 fully saturated rings. The monoisotopic (exact) mass is 333 g/mol. The molecule has 2 aromatic rings.